The van der Waals surface area contributed by atoms with Gasteiger partial charge in [0.15, 0.2) is 0 Å². The van der Waals surface area contributed by atoms with Crippen molar-refractivity contribution in [3.8, 4) is 0 Å². The van der Waals surface area contributed by atoms with Gasteiger partial charge in [-0.1, -0.05) is 18.2 Å². The molecular weight excluding hydrogens is 225 g/mol. The number of hydrogen-bond acceptors (Lipinski definition) is 3. The highest BCUT2D eigenvalue weighted by molar-refractivity contribution is 5.47. The third kappa shape index (κ3) is 3.86. The number of ether oxygens (including phenoxy) is 1. The average Bonchev–Trinajstić information content (AvgIpc) is 2.35. The smallest absolute Gasteiger partial charge is 0.293 e. The predicted octanol–water partition coefficient (Wildman–Crippen LogP) is 0.998. The number of nitrogens with zero attached hydrogens (tertiary/aromatic N) is 1. The second kappa shape index (κ2) is 6.62. The summed E-state index contributed by atoms with van der Waals surface area (Å²) in [6.45, 7) is 0.361. The lowest BCUT2D eigenvalue weighted by Gasteiger charge is -2.23. The normalized spacial score (nSPS) is 11.6. The van der Waals surface area contributed by atoms with Crippen LogP contribution in [-0.2, 0) is 20.7 Å². The number of likely N-dealkylation sites (N-methyl/N-ethyl adjacent to an activating group) is 1. The van der Waals surface area contributed by atoms with E-state index >= 15 is 0 Å². The summed E-state index contributed by atoms with van der Waals surface area (Å²) in [6, 6.07) is 5.95. The van der Waals surface area contributed by atoms with E-state index in [0.29, 0.717) is 24.9 Å². The molecule has 0 N–H and O–H groups in total. The van der Waals surface area contributed by atoms with Gasteiger partial charge in [0.2, 0.25) is 6.41 Å². The van der Waals surface area contributed by atoms with Gasteiger partial charge in [0.1, 0.15) is 12.4 Å². The molecule has 17 heavy (non-hydrogen) atoms. The average molecular weight is 239 g/mol. The Labute approximate surface area is 99.0 Å². The first-order valence-electron chi connectivity index (χ1n) is 5.15. The molecular formula is C12H14FNO3. The molecule has 0 aliphatic carbocycles. The molecule has 0 bridgehead atoms. The highest BCUT2D eigenvalue weighted by Crippen LogP contribution is 2.11. The third-order valence-corrected chi connectivity index (χ3v) is 2.51. The van der Waals surface area contributed by atoms with E-state index in [0.717, 1.165) is 0 Å². The molecule has 1 rings (SSSR count). The van der Waals surface area contributed by atoms with Crippen LogP contribution in [0.25, 0.3) is 0 Å². The van der Waals surface area contributed by atoms with Gasteiger partial charge in [0, 0.05) is 7.05 Å². The van der Waals surface area contributed by atoms with Crippen LogP contribution in [0.4, 0.5) is 4.39 Å². The van der Waals surface area contributed by atoms with E-state index in [1.807, 2.05) is 0 Å². The molecule has 1 aromatic carbocycles. The Morgan fingerprint density at radius 1 is 1.41 bits per heavy atom. The van der Waals surface area contributed by atoms with Gasteiger partial charge in [-0.25, -0.2) is 4.39 Å². The molecule has 0 saturated heterocycles. The van der Waals surface area contributed by atoms with Crippen LogP contribution in [0.15, 0.2) is 24.3 Å². The number of rotatable bonds is 7. The van der Waals surface area contributed by atoms with Crippen LogP contribution in [0.1, 0.15) is 5.56 Å². The van der Waals surface area contributed by atoms with E-state index in [2.05, 4.69) is 4.74 Å². The SMILES string of the molecule is CN(C=O)C(COC=O)Cc1ccccc1F. The molecule has 0 spiro atoms. The third-order valence-electron chi connectivity index (χ3n) is 2.51. The molecule has 0 heterocycles. The van der Waals surface area contributed by atoms with Crippen molar-refractivity contribution >= 4 is 12.9 Å². The van der Waals surface area contributed by atoms with Crippen LogP contribution >= 0.6 is 0 Å². The van der Waals surface area contributed by atoms with Gasteiger partial charge in [-0.15, -0.1) is 0 Å². The lowest BCUT2D eigenvalue weighted by atomic mass is 10.1. The van der Waals surface area contributed by atoms with Crippen molar-refractivity contribution in [2.75, 3.05) is 13.7 Å². The second-order valence-corrected chi connectivity index (χ2v) is 3.65. The molecule has 4 nitrogen and oxygen atoms in total. The summed E-state index contributed by atoms with van der Waals surface area (Å²) in [4.78, 5) is 22.2. The van der Waals surface area contributed by atoms with Gasteiger partial charge in [-0.3, -0.25) is 9.59 Å². The van der Waals surface area contributed by atoms with E-state index in [1.54, 1.807) is 25.2 Å². The number of carbonyl (C=O) groups excluding carboxylic acids is 2. The molecule has 0 aromatic heterocycles. The molecule has 1 atom stereocenters. The summed E-state index contributed by atoms with van der Waals surface area (Å²) >= 11 is 0. The highest BCUT2D eigenvalue weighted by atomic mass is 19.1. The van der Waals surface area contributed by atoms with E-state index < -0.39 is 0 Å². The Kier molecular flexibility index (Phi) is 5.13. The van der Waals surface area contributed by atoms with Crippen LogP contribution in [0.5, 0.6) is 0 Å². The lowest BCUT2D eigenvalue weighted by Crippen LogP contribution is -2.36. The van der Waals surface area contributed by atoms with Crippen LogP contribution in [0.2, 0.25) is 0 Å². The summed E-state index contributed by atoms with van der Waals surface area (Å²) in [5, 5.41) is 0. The number of benzene rings is 1. The first-order chi connectivity index (χ1) is 8.19. The van der Waals surface area contributed by atoms with E-state index in [4.69, 9.17) is 0 Å². The minimum atomic E-state index is -0.366. The molecule has 0 aliphatic heterocycles. The fraction of sp³-hybridized carbons (Fsp3) is 0.333. The van der Waals surface area contributed by atoms with Crippen LogP contribution < -0.4 is 0 Å². The Balaban J connectivity index is 2.74. The maximum absolute atomic E-state index is 13.4. The quantitative estimate of drug-likeness (QED) is 0.667. The maximum atomic E-state index is 13.4. The van der Waals surface area contributed by atoms with Gasteiger partial charge < -0.3 is 9.64 Å². The fourth-order valence-corrected chi connectivity index (χ4v) is 1.47. The van der Waals surface area contributed by atoms with Crippen molar-refractivity contribution in [2.24, 2.45) is 0 Å². The van der Waals surface area contributed by atoms with E-state index in [9.17, 15) is 14.0 Å². The molecule has 92 valence electrons. The van der Waals surface area contributed by atoms with E-state index in [1.165, 1.54) is 11.0 Å². The standard InChI is InChI=1S/C12H14FNO3/c1-14(8-15)11(7-17-9-16)6-10-4-2-3-5-12(10)13/h2-5,8-9,11H,6-7H2,1H3. The van der Waals surface area contributed by atoms with Crippen LogP contribution in [0, 0.1) is 5.82 Å². The minimum Gasteiger partial charge on any atom is -0.466 e. The first-order valence-corrected chi connectivity index (χ1v) is 5.15. The summed E-state index contributed by atoms with van der Waals surface area (Å²) in [6.07, 6.45) is 0.926. The van der Waals surface area contributed by atoms with E-state index in [-0.39, 0.29) is 18.5 Å². The van der Waals surface area contributed by atoms with Crippen molar-refractivity contribution in [1.29, 1.82) is 0 Å². The first kappa shape index (κ1) is 13.2. The summed E-state index contributed by atoms with van der Waals surface area (Å²) in [5.41, 5.74) is 0.487. The van der Waals surface area contributed by atoms with Crippen molar-refractivity contribution in [1.82, 2.24) is 4.90 Å². The zero-order chi connectivity index (χ0) is 12.7. The van der Waals surface area contributed by atoms with Gasteiger partial charge in [-0.2, -0.15) is 0 Å². The largest absolute Gasteiger partial charge is 0.466 e. The van der Waals surface area contributed by atoms with Gasteiger partial charge >= 0.3 is 0 Å². The van der Waals surface area contributed by atoms with Gasteiger partial charge in [0.25, 0.3) is 6.47 Å². The lowest BCUT2D eigenvalue weighted by molar-refractivity contribution is -0.132. The van der Waals surface area contributed by atoms with Crippen molar-refractivity contribution < 1.29 is 18.7 Å². The zero-order valence-electron chi connectivity index (χ0n) is 9.51. The van der Waals surface area contributed by atoms with Crippen molar-refractivity contribution in [3.63, 3.8) is 0 Å². The summed E-state index contributed by atoms with van der Waals surface area (Å²) < 4.78 is 18.0. The molecule has 0 radical (unpaired) electrons. The fourth-order valence-electron chi connectivity index (χ4n) is 1.47. The molecule has 5 heteroatoms. The molecule has 1 amide bonds. The zero-order valence-corrected chi connectivity index (χ0v) is 9.51. The van der Waals surface area contributed by atoms with Crippen LogP contribution in [0.3, 0.4) is 0 Å². The topological polar surface area (TPSA) is 46.6 Å². The number of halogens is 1. The van der Waals surface area contributed by atoms with Crippen molar-refractivity contribution in [2.45, 2.75) is 12.5 Å². The Bertz CT molecular complexity index is 384. The minimum absolute atomic E-state index is 0.0487. The number of amides is 1. The van der Waals surface area contributed by atoms with Gasteiger partial charge in [0.05, 0.1) is 6.04 Å². The monoisotopic (exact) mass is 239 g/mol. The predicted molar refractivity (Wildman–Crippen MR) is 59.7 cm³/mol. The van der Waals surface area contributed by atoms with Crippen LogP contribution in [-0.4, -0.2) is 37.5 Å². The van der Waals surface area contributed by atoms with Gasteiger partial charge in [-0.05, 0) is 18.1 Å². The Morgan fingerprint density at radius 3 is 2.71 bits per heavy atom. The molecule has 0 aliphatic rings. The maximum Gasteiger partial charge on any atom is 0.293 e. The second-order valence-electron chi connectivity index (χ2n) is 3.65. The number of hydrogen-bond donors (Lipinski definition) is 0. The number of carbonyl (C=O) groups is 2. The molecule has 1 aromatic rings. The molecule has 0 saturated carbocycles. The highest BCUT2D eigenvalue weighted by Gasteiger charge is 2.16. The molecule has 0 fully saturated rings. The molecule has 1 unspecified atom stereocenters. The Hall–Kier alpha value is -1.91. The summed E-state index contributed by atoms with van der Waals surface area (Å²) in [7, 11) is 1.56. The Morgan fingerprint density at radius 2 is 2.12 bits per heavy atom. The summed E-state index contributed by atoms with van der Waals surface area (Å²) in [5.74, 6) is -0.331. The van der Waals surface area contributed by atoms with Crippen molar-refractivity contribution in [3.05, 3.63) is 35.6 Å².